The van der Waals surface area contributed by atoms with Gasteiger partial charge in [0, 0.05) is 5.92 Å². The SMILES string of the molecule is NC(=O)[C@H](NC(=O)[C@@H]1C[C@@H]1c1ccc(F)cc1)c1ccccc1. The van der Waals surface area contributed by atoms with E-state index >= 15 is 0 Å². The topological polar surface area (TPSA) is 72.2 Å². The van der Waals surface area contributed by atoms with Gasteiger partial charge in [0.15, 0.2) is 0 Å². The van der Waals surface area contributed by atoms with Crippen LogP contribution in [0.25, 0.3) is 0 Å². The van der Waals surface area contributed by atoms with Crippen LogP contribution in [0.2, 0.25) is 0 Å². The summed E-state index contributed by atoms with van der Waals surface area (Å²) in [5, 5.41) is 2.72. The van der Waals surface area contributed by atoms with Gasteiger partial charge >= 0.3 is 0 Å². The first-order valence-corrected chi connectivity index (χ1v) is 7.46. The lowest BCUT2D eigenvalue weighted by Crippen LogP contribution is -2.38. The van der Waals surface area contributed by atoms with E-state index in [1.807, 2.05) is 6.07 Å². The first-order chi connectivity index (χ1) is 11.1. The molecule has 1 aliphatic carbocycles. The molecule has 2 amide bonds. The molecule has 0 saturated heterocycles. The third-order valence-corrected chi connectivity index (χ3v) is 4.13. The maximum Gasteiger partial charge on any atom is 0.244 e. The standard InChI is InChI=1S/C18H17FN2O2/c19-13-8-6-11(7-9-13)14-10-15(14)18(23)21-16(17(20)22)12-4-2-1-3-5-12/h1-9,14-16H,10H2,(H2,20,22)(H,21,23)/t14-,15-,16-/m1/s1. The predicted octanol–water partition coefficient (Wildman–Crippen LogP) is 2.27. The lowest BCUT2D eigenvalue weighted by Gasteiger charge is -2.16. The highest BCUT2D eigenvalue weighted by Gasteiger charge is 2.44. The minimum absolute atomic E-state index is 0.0694. The van der Waals surface area contributed by atoms with Crippen molar-refractivity contribution in [3.05, 3.63) is 71.5 Å². The third-order valence-electron chi connectivity index (χ3n) is 4.13. The van der Waals surface area contributed by atoms with E-state index in [0.717, 1.165) is 5.56 Å². The van der Waals surface area contributed by atoms with Gasteiger partial charge in [-0.05, 0) is 35.6 Å². The zero-order valence-corrected chi connectivity index (χ0v) is 12.4. The highest BCUT2D eigenvalue weighted by Crippen LogP contribution is 2.47. The van der Waals surface area contributed by atoms with Gasteiger partial charge in [0.05, 0.1) is 0 Å². The fourth-order valence-electron chi connectivity index (χ4n) is 2.78. The molecule has 2 aromatic rings. The molecule has 23 heavy (non-hydrogen) atoms. The Morgan fingerprint density at radius 1 is 1.09 bits per heavy atom. The Balaban J connectivity index is 1.67. The molecule has 2 aromatic carbocycles. The van der Waals surface area contributed by atoms with Crippen molar-refractivity contribution in [3.63, 3.8) is 0 Å². The molecule has 3 N–H and O–H groups in total. The molecule has 0 bridgehead atoms. The molecule has 0 radical (unpaired) electrons. The van der Waals surface area contributed by atoms with Crippen molar-refractivity contribution < 1.29 is 14.0 Å². The molecule has 1 saturated carbocycles. The van der Waals surface area contributed by atoms with Crippen molar-refractivity contribution >= 4 is 11.8 Å². The highest BCUT2D eigenvalue weighted by atomic mass is 19.1. The quantitative estimate of drug-likeness (QED) is 0.889. The van der Waals surface area contributed by atoms with Gasteiger partial charge in [-0.1, -0.05) is 42.5 Å². The molecule has 1 fully saturated rings. The van der Waals surface area contributed by atoms with Crippen molar-refractivity contribution in [1.29, 1.82) is 0 Å². The van der Waals surface area contributed by atoms with Crippen LogP contribution < -0.4 is 11.1 Å². The Hall–Kier alpha value is -2.69. The van der Waals surface area contributed by atoms with E-state index in [9.17, 15) is 14.0 Å². The van der Waals surface area contributed by atoms with Gasteiger partial charge in [-0.3, -0.25) is 9.59 Å². The first kappa shape index (κ1) is 15.2. The average Bonchev–Trinajstić information content (AvgIpc) is 3.34. The molecule has 0 spiro atoms. The zero-order chi connectivity index (χ0) is 16.4. The van der Waals surface area contributed by atoms with Crippen LogP contribution in [0.5, 0.6) is 0 Å². The van der Waals surface area contributed by atoms with Crippen LogP contribution in [0.3, 0.4) is 0 Å². The van der Waals surface area contributed by atoms with Gasteiger partial charge in [-0.15, -0.1) is 0 Å². The summed E-state index contributed by atoms with van der Waals surface area (Å²) >= 11 is 0. The number of hydrogen-bond acceptors (Lipinski definition) is 2. The van der Waals surface area contributed by atoms with Crippen molar-refractivity contribution in [2.75, 3.05) is 0 Å². The van der Waals surface area contributed by atoms with Crippen molar-refractivity contribution in [3.8, 4) is 0 Å². The Morgan fingerprint density at radius 3 is 2.35 bits per heavy atom. The molecular weight excluding hydrogens is 295 g/mol. The molecule has 0 aliphatic heterocycles. The highest BCUT2D eigenvalue weighted by molar-refractivity contribution is 5.90. The van der Waals surface area contributed by atoms with E-state index < -0.39 is 11.9 Å². The summed E-state index contributed by atoms with van der Waals surface area (Å²) in [6.45, 7) is 0. The van der Waals surface area contributed by atoms with Crippen LogP contribution in [-0.4, -0.2) is 11.8 Å². The van der Waals surface area contributed by atoms with E-state index in [1.165, 1.54) is 12.1 Å². The van der Waals surface area contributed by atoms with Crippen LogP contribution >= 0.6 is 0 Å². The molecule has 118 valence electrons. The van der Waals surface area contributed by atoms with Gasteiger partial charge in [-0.25, -0.2) is 4.39 Å². The van der Waals surface area contributed by atoms with Gasteiger partial charge < -0.3 is 11.1 Å². The van der Waals surface area contributed by atoms with Crippen molar-refractivity contribution in [2.24, 2.45) is 11.7 Å². The fourth-order valence-corrected chi connectivity index (χ4v) is 2.78. The van der Waals surface area contributed by atoms with Gasteiger partial charge in [0.2, 0.25) is 11.8 Å². The summed E-state index contributed by atoms with van der Waals surface area (Å²) in [6, 6.07) is 14.2. The summed E-state index contributed by atoms with van der Waals surface area (Å²) < 4.78 is 12.9. The summed E-state index contributed by atoms with van der Waals surface area (Å²) in [4.78, 5) is 24.0. The number of halogens is 1. The minimum atomic E-state index is -0.835. The zero-order valence-electron chi connectivity index (χ0n) is 12.4. The lowest BCUT2D eigenvalue weighted by atomic mass is 10.1. The Bertz CT molecular complexity index is 716. The Kier molecular flexibility index (Phi) is 4.10. The maximum atomic E-state index is 12.9. The second-order valence-electron chi connectivity index (χ2n) is 5.75. The second kappa shape index (κ2) is 6.20. The van der Waals surface area contributed by atoms with Gasteiger partial charge in [-0.2, -0.15) is 0 Å². The van der Waals surface area contributed by atoms with Crippen LogP contribution in [0.4, 0.5) is 4.39 Å². The van der Waals surface area contributed by atoms with Crippen LogP contribution in [0, 0.1) is 11.7 Å². The normalized spacial score (nSPS) is 20.6. The van der Waals surface area contributed by atoms with Crippen molar-refractivity contribution in [1.82, 2.24) is 5.32 Å². The average molecular weight is 312 g/mol. The largest absolute Gasteiger partial charge is 0.368 e. The molecule has 3 atom stereocenters. The molecular formula is C18H17FN2O2. The van der Waals surface area contributed by atoms with E-state index in [-0.39, 0.29) is 23.6 Å². The summed E-state index contributed by atoms with van der Waals surface area (Å²) in [5.41, 5.74) is 7.00. The minimum Gasteiger partial charge on any atom is -0.368 e. The summed E-state index contributed by atoms with van der Waals surface area (Å²) in [5.74, 6) is -1.23. The number of primary amides is 1. The third kappa shape index (κ3) is 3.39. The molecule has 0 aromatic heterocycles. The fraction of sp³-hybridized carbons (Fsp3) is 0.222. The van der Waals surface area contributed by atoms with E-state index in [2.05, 4.69) is 5.32 Å². The number of benzene rings is 2. The number of nitrogens with one attached hydrogen (secondary N) is 1. The summed E-state index contributed by atoms with van der Waals surface area (Å²) in [7, 11) is 0. The van der Waals surface area contributed by atoms with Crippen LogP contribution in [0.15, 0.2) is 54.6 Å². The molecule has 4 nitrogen and oxygen atoms in total. The first-order valence-electron chi connectivity index (χ1n) is 7.46. The second-order valence-corrected chi connectivity index (χ2v) is 5.75. The molecule has 0 unspecified atom stereocenters. The van der Waals surface area contributed by atoms with E-state index in [0.29, 0.717) is 12.0 Å². The van der Waals surface area contributed by atoms with Gasteiger partial charge in [0.1, 0.15) is 11.9 Å². The number of hydrogen-bond donors (Lipinski definition) is 2. The van der Waals surface area contributed by atoms with Gasteiger partial charge in [0.25, 0.3) is 0 Å². The number of carbonyl (C=O) groups is 2. The maximum absolute atomic E-state index is 12.9. The Labute approximate surface area is 133 Å². The van der Waals surface area contributed by atoms with Crippen LogP contribution in [-0.2, 0) is 9.59 Å². The van der Waals surface area contributed by atoms with E-state index in [1.54, 1.807) is 36.4 Å². The molecule has 3 rings (SSSR count). The number of amides is 2. The monoisotopic (exact) mass is 312 g/mol. The lowest BCUT2D eigenvalue weighted by molar-refractivity contribution is -0.128. The Morgan fingerprint density at radius 2 is 1.74 bits per heavy atom. The number of carbonyl (C=O) groups excluding carboxylic acids is 2. The summed E-state index contributed by atoms with van der Waals surface area (Å²) in [6.07, 6.45) is 0.692. The number of nitrogens with two attached hydrogens (primary N) is 1. The predicted molar refractivity (Wildman–Crippen MR) is 83.8 cm³/mol. The van der Waals surface area contributed by atoms with Crippen molar-refractivity contribution in [2.45, 2.75) is 18.4 Å². The van der Waals surface area contributed by atoms with E-state index in [4.69, 9.17) is 5.73 Å². The smallest absolute Gasteiger partial charge is 0.244 e. The molecule has 5 heteroatoms. The molecule has 1 aliphatic rings. The molecule has 0 heterocycles. The number of rotatable bonds is 5. The van der Waals surface area contributed by atoms with Crippen LogP contribution in [0.1, 0.15) is 29.5 Å².